The lowest BCUT2D eigenvalue weighted by Crippen LogP contribution is -2.03. The molecule has 4 heteroatoms. The van der Waals surface area contributed by atoms with Crippen molar-refractivity contribution in [2.75, 3.05) is 0 Å². The van der Waals surface area contributed by atoms with Gasteiger partial charge in [-0.3, -0.25) is 9.97 Å². The minimum atomic E-state index is -0.553. The maximum atomic E-state index is 9.95. The number of hydrogen-bond acceptors (Lipinski definition) is 3. The number of halogens is 1. The Labute approximate surface area is 102 Å². The van der Waals surface area contributed by atoms with Gasteiger partial charge < -0.3 is 5.11 Å². The van der Waals surface area contributed by atoms with Gasteiger partial charge in [0.25, 0.3) is 0 Å². The van der Waals surface area contributed by atoms with Gasteiger partial charge in [0.15, 0.2) is 0 Å². The minimum Gasteiger partial charge on any atom is -0.388 e. The summed E-state index contributed by atoms with van der Waals surface area (Å²) in [5, 5.41) is 9.95. The normalized spacial score (nSPS) is 12.4. The molecule has 0 fully saturated rings. The Balaban J connectivity index is 2.08. The first-order chi connectivity index (χ1) is 7.75. The molecule has 0 bridgehead atoms. The number of aliphatic hydroxyl groups excluding tert-OH is 1. The first kappa shape index (κ1) is 11.2. The molecule has 2 aromatic heterocycles. The topological polar surface area (TPSA) is 46.0 Å². The minimum absolute atomic E-state index is 0.499. The molecule has 0 aromatic carbocycles. The highest BCUT2D eigenvalue weighted by molar-refractivity contribution is 9.10. The van der Waals surface area contributed by atoms with E-state index in [2.05, 4.69) is 25.9 Å². The van der Waals surface area contributed by atoms with Crippen LogP contribution in [0.15, 0.2) is 47.3 Å². The number of nitrogens with zero attached hydrogens (tertiary/aromatic N) is 2. The van der Waals surface area contributed by atoms with Crippen molar-refractivity contribution >= 4 is 15.9 Å². The molecule has 2 aromatic rings. The van der Waals surface area contributed by atoms with Crippen molar-refractivity contribution in [2.24, 2.45) is 0 Å². The van der Waals surface area contributed by atoms with E-state index < -0.39 is 6.10 Å². The van der Waals surface area contributed by atoms with Crippen molar-refractivity contribution in [2.45, 2.75) is 12.5 Å². The molecule has 0 saturated heterocycles. The second-order valence-electron chi connectivity index (χ2n) is 3.47. The lowest BCUT2D eigenvalue weighted by atomic mass is 10.1. The second kappa shape index (κ2) is 5.18. The van der Waals surface area contributed by atoms with Gasteiger partial charge >= 0.3 is 0 Å². The van der Waals surface area contributed by atoms with Crippen molar-refractivity contribution < 1.29 is 5.11 Å². The van der Waals surface area contributed by atoms with Gasteiger partial charge in [-0.1, -0.05) is 6.07 Å². The average molecular weight is 279 g/mol. The third kappa shape index (κ3) is 2.87. The summed E-state index contributed by atoms with van der Waals surface area (Å²) >= 11 is 3.32. The van der Waals surface area contributed by atoms with Crippen molar-refractivity contribution in [3.63, 3.8) is 0 Å². The van der Waals surface area contributed by atoms with E-state index in [1.54, 1.807) is 18.6 Å². The molecule has 0 amide bonds. The van der Waals surface area contributed by atoms with Gasteiger partial charge in [0, 0.05) is 35.2 Å². The predicted octanol–water partition coefficient (Wildman–Crippen LogP) is 2.52. The molecule has 1 N–H and O–H groups in total. The molecule has 0 aliphatic heterocycles. The zero-order valence-corrected chi connectivity index (χ0v) is 10.1. The van der Waals surface area contributed by atoms with Crippen molar-refractivity contribution in [3.05, 3.63) is 58.6 Å². The Morgan fingerprint density at radius 3 is 2.75 bits per heavy atom. The molecule has 0 aliphatic carbocycles. The number of aliphatic hydroxyl groups is 1. The fraction of sp³-hybridized carbons (Fsp3) is 0.167. The summed E-state index contributed by atoms with van der Waals surface area (Å²) in [6, 6.07) is 7.48. The van der Waals surface area contributed by atoms with E-state index in [0.29, 0.717) is 6.42 Å². The smallest absolute Gasteiger partial charge is 0.0860 e. The van der Waals surface area contributed by atoms with Crippen LogP contribution in [-0.2, 0) is 6.42 Å². The molecule has 0 saturated carbocycles. The third-order valence-electron chi connectivity index (χ3n) is 2.26. The summed E-state index contributed by atoms with van der Waals surface area (Å²) in [5.41, 5.74) is 1.67. The molecule has 2 rings (SSSR count). The van der Waals surface area contributed by atoms with Crippen LogP contribution in [0.25, 0.3) is 0 Å². The van der Waals surface area contributed by atoms with Gasteiger partial charge in [-0.15, -0.1) is 0 Å². The molecule has 0 radical (unpaired) electrons. The van der Waals surface area contributed by atoms with E-state index in [0.717, 1.165) is 15.7 Å². The summed E-state index contributed by atoms with van der Waals surface area (Å²) in [4.78, 5) is 8.19. The third-order valence-corrected chi connectivity index (χ3v) is 2.73. The largest absolute Gasteiger partial charge is 0.388 e. The van der Waals surface area contributed by atoms with Gasteiger partial charge in [0.05, 0.1) is 6.10 Å². The SMILES string of the molecule is OC(Cc1ccc(Br)cn1)c1cccnc1. The fourth-order valence-corrected chi connectivity index (χ4v) is 1.65. The van der Waals surface area contributed by atoms with Crippen LogP contribution >= 0.6 is 15.9 Å². The van der Waals surface area contributed by atoms with Crippen LogP contribution in [0, 0.1) is 0 Å². The molecule has 0 aliphatic rings. The van der Waals surface area contributed by atoms with Crippen LogP contribution < -0.4 is 0 Å². The quantitative estimate of drug-likeness (QED) is 0.939. The molecule has 16 heavy (non-hydrogen) atoms. The van der Waals surface area contributed by atoms with Gasteiger partial charge in [0.2, 0.25) is 0 Å². The van der Waals surface area contributed by atoms with Crippen LogP contribution in [0.2, 0.25) is 0 Å². The summed E-state index contributed by atoms with van der Waals surface area (Å²) in [5.74, 6) is 0. The van der Waals surface area contributed by atoms with E-state index in [-0.39, 0.29) is 0 Å². The van der Waals surface area contributed by atoms with Crippen molar-refractivity contribution in [1.29, 1.82) is 0 Å². The first-order valence-corrected chi connectivity index (χ1v) is 5.73. The number of aromatic nitrogens is 2. The van der Waals surface area contributed by atoms with Gasteiger partial charge in [-0.2, -0.15) is 0 Å². The predicted molar refractivity (Wildman–Crippen MR) is 64.8 cm³/mol. The maximum Gasteiger partial charge on any atom is 0.0860 e. The Morgan fingerprint density at radius 2 is 2.12 bits per heavy atom. The molecule has 82 valence electrons. The Bertz CT molecular complexity index is 444. The highest BCUT2D eigenvalue weighted by atomic mass is 79.9. The van der Waals surface area contributed by atoms with Gasteiger partial charge in [0.1, 0.15) is 0 Å². The van der Waals surface area contributed by atoms with Crippen molar-refractivity contribution in [1.82, 2.24) is 9.97 Å². The molecular formula is C12H11BrN2O. The highest BCUT2D eigenvalue weighted by Gasteiger charge is 2.08. The Morgan fingerprint density at radius 1 is 1.25 bits per heavy atom. The summed E-state index contributed by atoms with van der Waals surface area (Å²) in [7, 11) is 0. The summed E-state index contributed by atoms with van der Waals surface area (Å²) in [6.45, 7) is 0. The second-order valence-corrected chi connectivity index (χ2v) is 4.39. The van der Waals surface area contributed by atoms with Crippen molar-refractivity contribution in [3.8, 4) is 0 Å². The first-order valence-electron chi connectivity index (χ1n) is 4.94. The zero-order valence-electron chi connectivity index (χ0n) is 8.55. The van der Waals surface area contributed by atoms with E-state index in [1.165, 1.54) is 0 Å². The lowest BCUT2D eigenvalue weighted by Gasteiger charge is -2.09. The number of hydrogen-bond donors (Lipinski definition) is 1. The molecule has 1 unspecified atom stereocenters. The fourth-order valence-electron chi connectivity index (χ4n) is 1.42. The average Bonchev–Trinajstić information content (AvgIpc) is 2.33. The molecule has 0 spiro atoms. The highest BCUT2D eigenvalue weighted by Crippen LogP contribution is 2.17. The van der Waals surface area contributed by atoms with Crippen LogP contribution in [0.5, 0.6) is 0 Å². The van der Waals surface area contributed by atoms with E-state index in [4.69, 9.17) is 0 Å². The molecule has 2 heterocycles. The summed E-state index contributed by atoms with van der Waals surface area (Å²) < 4.78 is 0.937. The van der Waals surface area contributed by atoms with Crippen LogP contribution in [-0.4, -0.2) is 15.1 Å². The molecule has 3 nitrogen and oxygen atoms in total. The summed E-state index contributed by atoms with van der Waals surface area (Å²) in [6.07, 6.45) is 5.03. The monoisotopic (exact) mass is 278 g/mol. The maximum absolute atomic E-state index is 9.95. The number of pyridine rings is 2. The van der Waals surface area contributed by atoms with Crippen LogP contribution in [0.1, 0.15) is 17.4 Å². The lowest BCUT2D eigenvalue weighted by molar-refractivity contribution is 0.177. The molecular weight excluding hydrogens is 268 g/mol. The van der Waals surface area contributed by atoms with E-state index >= 15 is 0 Å². The Hall–Kier alpha value is -1.26. The van der Waals surface area contributed by atoms with E-state index in [9.17, 15) is 5.11 Å². The molecule has 1 atom stereocenters. The standard InChI is InChI=1S/C12H11BrN2O/c13-10-3-4-11(15-8-10)6-12(16)9-2-1-5-14-7-9/h1-5,7-8,12,16H,6H2. The van der Waals surface area contributed by atoms with Crippen LogP contribution in [0.3, 0.4) is 0 Å². The van der Waals surface area contributed by atoms with Gasteiger partial charge in [-0.25, -0.2) is 0 Å². The number of rotatable bonds is 3. The van der Waals surface area contributed by atoms with Gasteiger partial charge in [-0.05, 0) is 39.7 Å². The Kier molecular flexibility index (Phi) is 3.64. The zero-order chi connectivity index (χ0) is 11.4. The van der Waals surface area contributed by atoms with E-state index in [1.807, 2.05) is 24.3 Å². The van der Waals surface area contributed by atoms with Crippen LogP contribution in [0.4, 0.5) is 0 Å².